The molecule has 0 saturated heterocycles. The van der Waals surface area contributed by atoms with Gasteiger partial charge in [0.15, 0.2) is 5.78 Å². The molecule has 4 heteroatoms. The number of hydrogen-bond donors (Lipinski definition) is 1. The molecule has 0 radical (unpaired) electrons. The second kappa shape index (κ2) is 11.7. The predicted molar refractivity (Wildman–Crippen MR) is 70.2 cm³/mol. The van der Waals surface area contributed by atoms with Gasteiger partial charge in [0.25, 0.3) is 0 Å². The Morgan fingerprint density at radius 1 is 1.18 bits per heavy atom. The van der Waals surface area contributed by atoms with Gasteiger partial charge >= 0.3 is 0 Å². The van der Waals surface area contributed by atoms with Crippen molar-refractivity contribution in [3.05, 3.63) is 0 Å². The Bertz CT molecular complexity index is 213. The average molecular weight is 245 g/mol. The number of rotatable bonds is 7. The maximum atomic E-state index is 10.6. The van der Waals surface area contributed by atoms with Crippen LogP contribution >= 0.6 is 0 Å². The van der Waals surface area contributed by atoms with Gasteiger partial charge in [0.2, 0.25) is 0 Å². The van der Waals surface area contributed by atoms with Gasteiger partial charge in [-0.25, -0.2) is 0 Å². The van der Waals surface area contributed by atoms with E-state index in [-0.39, 0.29) is 23.7 Å². The Balaban J connectivity index is 0. The molecule has 0 aliphatic rings. The summed E-state index contributed by atoms with van der Waals surface area (Å²) in [4.78, 5) is 21.2. The van der Waals surface area contributed by atoms with Crippen molar-refractivity contribution in [3.63, 3.8) is 0 Å². The first kappa shape index (κ1) is 18.6. The van der Waals surface area contributed by atoms with Crippen molar-refractivity contribution < 1.29 is 14.3 Å². The van der Waals surface area contributed by atoms with Crippen molar-refractivity contribution in [2.24, 2.45) is 0 Å². The smallest absolute Gasteiger partial charge is 0.158 e. The van der Waals surface area contributed by atoms with Gasteiger partial charge in [-0.1, -0.05) is 20.3 Å². The lowest BCUT2D eigenvalue weighted by Gasteiger charge is -2.08. The molecular weight excluding hydrogens is 218 g/mol. The van der Waals surface area contributed by atoms with Crippen LogP contribution in [0.4, 0.5) is 0 Å². The van der Waals surface area contributed by atoms with E-state index in [4.69, 9.17) is 4.74 Å². The highest BCUT2D eigenvalue weighted by Gasteiger charge is 2.09. The zero-order valence-corrected chi connectivity index (χ0v) is 12.0. The molecule has 0 bridgehead atoms. The third-order valence-corrected chi connectivity index (χ3v) is 2.54. The lowest BCUT2D eigenvalue weighted by Crippen LogP contribution is -2.31. The lowest BCUT2D eigenvalue weighted by atomic mass is 10.1. The molecule has 0 saturated carbocycles. The van der Waals surface area contributed by atoms with Gasteiger partial charge in [-0.05, 0) is 33.7 Å². The molecule has 0 rings (SSSR count). The van der Waals surface area contributed by atoms with E-state index in [0.717, 1.165) is 19.3 Å². The number of Topliss-reactive ketones (excluding diaryl/α,β-unsaturated/α-hetero) is 2. The first-order valence-corrected chi connectivity index (χ1v) is 6.15. The summed E-state index contributed by atoms with van der Waals surface area (Å²) in [5, 5.41) is 2.90. The van der Waals surface area contributed by atoms with Crippen LogP contribution in [0.15, 0.2) is 0 Å². The van der Waals surface area contributed by atoms with Crippen LogP contribution in [-0.2, 0) is 14.3 Å². The largest absolute Gasteiger partial charge is 0.374 e. The fourth-order valence-corrected chi connectivity index (χ4v) is 1.44. The molecule has 0 fully saturated rings. The van der Waals surface area contributed by atoms with Crippen LogP contribution in [0.1, 0.15) is 47.0 Å². The summed E-state index contributed by atoms with van der Waals surface area (Å²) in [7, 11) is 3.37. The highest BCUT2D eigenvalue weighted by molar-refractivity contribution is 5.81. The summed E-state index contributed by atoms with van der Waals surface area (Å²) in [5.74, 6) is 0.342. The topological polar surface area (TPSA) is 55.4 Å². The summed E-state index contributed by atoms with van der Waals surface area (Å²) in [6, 6.07) is 0.0648. The fourth-order valence-electron chi connectivity index (χ4n) is 1.44. The number of nitrogens with one attached hydrogen (secondary N) is 1. The van der Waals surface area contributed by atoms with Crippen molar-refractivity contribution in [3.8, 4) is 0 Å². The third kappa shape index (κ3) is 10.1. The van der Waals surface area contributed by atoms with Crippen LogP contribution in [0.25, 0.3) is 0 Å². The van der Waals surface area contributed by atoms with E-state index >= 15 is 0 Å². The molecule has 17 heavy (non-hydrogen) atoms. The summed E-state index contributed by atoms with van der Waals surface area (Å²) in [6.45, 7) is 7.19. The van der Waals surface area contributed by atoms with Crippen molar-refractivity contribution in [1.82, 2.24) is 5.32 Å². The van der Waals surface area contributed by atoms with Gasteiger partial charge in [0.1, 0.15) is 11.9 Å². The van der Waals surface area contributed by atoms with E-state index in [9.17, 15) is 9.59 Å². The van der Waals surface area contributed by atoms with Crippen LogP contribution < -0.4 is 5.32 Å². The Kier molecular flexibility index (Phi) is 12.9. The molecule has 4 nitrogen and oxygen atoms in total. The van der Waals surface area contributed by atoms with E-state index < -0.39 is 0 Å². The molecular formula is C13H27NO3. The number of carbonyl (C=O) groups is 2. The van der Waals surface area contributed by atoms with E-state index in [1.165, 1.54) is 0 Å². The van der Waals surface area contributed by atoms with Gasteiger partial charge in [0, 0.05) is 7.11 Å². The third-order valence-electron chi connectivity index (χ3n) is 2.54. The summed E-state index contributed by atoms with van der Waals surface area (Å²) in [5.41, 5.74) is 0. The number of carbonyl (C=O) groups excluding carboxylic acids is 2. The van der Waals surface area contributed by atoms with E-state index in [1.807, 2.05) is 13.8 Å². The average Bonchev–Trinajstić information content (AvgIpc) is 2.27. The monoisotopic (exact) mass is 245 g/mol. The minimum absolute atomic E-state index is 0.0648. The fraction of sp³-hybridized carbons (Fsp3) is 0.846. The van der Waals surface area contributed by atoms with Gasteiger partial charge in [-0.2, -0.15) is 0 Å². The molecule has 0 aromatic rings. The SMILES string of the molecule is CCC(NC)C(C)=O.CCCC(OC)C(C)=O. The molecule has 0 heterocycles. The first-order chi connectivity index (χ1) is 7.94. The molecule has 0 amide bonds. The van der Waals surface area contributed by atoms with Crippen molar-refractivity contribution in [2.75, 3.05) is 14.2 Å². The molecule has 0 aliphatic carbocycles. The quantitative estimate of drug-likeness (QED) is 0.745. The van der Waals surface area contributed by atoms with Gasteiger partial charge in [-0.3, -0.25) is 9.59 Å². The number of methoxy groups -OCH3 is 1. The van der Waals surface area contributed by atoms with Crippen molar-refractivity contribution in [2.45, 2.75) is 59.1 Å². The lowest BCUT2D eigenvalue weighted by molar-refractivity contribution is -0.127. The number of ether oxygens (including phenoxy) is 1. The molecule has 0 spiro atoms. The van der Waals surface area contributed by atoms with Crippen LogP contribution in [0.5, 0.6) is 0 Å². The van der Waals surface area contributed by atoms with E-state index in [0.29, 0.717) is 0 Å². The van der Waals surface area contributed by atoms with Crippen molar-refractivity contribution in [1.29, 1.82) is 0 Å². The second-order valence-corrected chi connectivity index (χ2v) is 3.98. The normalized spacial score (nSPS) is 13.3. The molecule has 2 atom stereocenters. The van der Waals surface area contributed by atoms with E-state index in [2.05, 4.69) is 5.32 Å². The Hall–Kier alpha value is -0.740. The van der Waals surface area contributed by atoms with Crippen LogP contribution in [0.2, 0.25) is 0 Å². The Morgan fingerprint density at radius 2 is 1.71 bits per heavy atom. The zero-order chi connectivity index (χ0) is 13.8. The molecule has 1 N–H and O–H groups in total. The minimum atomic E-state index is -0.171. The Labute approximate surface area is 105 Å². The van der Waals surface area contributed by atoms with Crippen LogP contribution in [-0.4, -0.2) is 37.9 Å². The number of ketones is 2. The van der Waals surface area contributed by atoms with Gasteiger partial charge < -0.3 is 10.1 Å². The molecule has 2 unspecified atom stereocenters. The maximum Gasteiger partial charge on any atom is 0.158 e. The summed E-state index contributed by atoms with van der Waals surface area (Å²) >= 11 is 0. The Morgan fingerprint density at radius 3 is 1.76 bits per heavy atom. The highest BCUT2D eigenvalue weighted by atomic mass is 16.5. The molecule has 0 aliphatic heterocycles. The standard InChI is InChI=1S/C7H14O2.C6H13NO/c1-4-5-7(9-3)6(2)8;1-4-6(7-3)5(2)8/h7H,4-5H2,1-3H3;6-7H,4H2,1-3H3. The highest BCUT2D eigenvalue weighted by Crippen LogP contribution is 2.00. The maximum absolute atomic E-state index is 10.6. The molecule has 0 aromatic carbocycles. The number of hydrogen-bond acceptors (Lipinski definition) is 4. The summed E-state index contributed by atoms with van der Waals surface area (Å²) in [6.07, 6.45) is 2.55. The van der Waals surface area contributed by atoms with Gasteiger partial charge in [-0.15, -0.1) is 0 Å². The summed E-state index contributed by atoms with van der Waals surface area (Å²) < 4.78 is 4.90. The van der Waals surface area contributed by atoms with Crippen LogP contribution in [0.3, 0.4) is 0 Å². The minimum Gasteiger partial charge on any atom is -0.374 e. The second-order valence-electron chi connectivity index (χ2n) is 3.98. The molecule has 0 aromatic heterocycles. The number of likely N-dealkylation sites (N-methyl/N-ethyl adjacent to an activating group) is 1. The predicted octanol–water partition coefficient (Wildman–Crippen LogP) is 1.96. The zero-order valence-electron chi connectivity index (χ0n) is 12.0. The molecule has 102 valence electrons. The van der Waals surface area contributed by atoms with Gasteiger partial charge in [0.05, 0.1) is 6.04 Å². The first-order valence-electron chi connectivity index (χ1n) is 6.15. The van der Waals surface area contributed by atoms with Crippen LogP contribution in [0, 0.1) is 0 Å². The van der Waals surface area contributed by atoms with E-state index in [1.54, 1.807) is 28.0 Å². The van der Waals surface area contributed by atoms with Crippen molar-refractivity contribution >= 4 is 11.6 Å².